The molecule has 1 fully saturated rings. The van der Waals surface area contributed by atoms with Crippen molar-refractivity contribution >= 4 is 0 Å². The molecule has 2 rings (SSSR count). The Balaban J connectivity index is 1.91. The van der Waals surface area contributed by atoms with E-state index in [1.165, 1.54) is 18.4 Å². The highest BCUT2D eigenvalue weighted by Crippen LogP contribution is 2.56. The van der Waals surface area contributed by atoms with E-state index in [1.807, 2.05) is 0 Å². The van der Waals surface area contributed by atoms with Crippen LogP contribution in [0.4, 0.5) is 0 Å². The van der Waals surface area contributed by atoms with Gasteiger partial charge >= 0.3 is 0 Å². The van der Waals surface area contributed by atoms with Crippen molar-refractivity contribution in [3.05, 3.63) is 35.9 Å². The van der Waals surface area contributed by atoms with Crippen molar-refractivity contribution in [1.82, 2.24) is 0 Å². The van der Waals surface area contributed by atoms with Crippen LogP contribution in [0.5, 0.6) is 0 Å². The van der Waals surface area contributed by atoms with Gasteiger partial charge in [-0.25, -0.2) is 0 Å². The zero-order valence-corrected chi connectivity index (χ0v) is 11.3. The van der Waals surface area contributed by atoms with Crippen molar-refractivity contribution in [3.63, 3.8) is 0 Å². The lowest BCUT2D eigenvalue weighted by Crippen LogP contribution is -2.17. The Morgan fingerprint density at radius 3 is 2.59 bits per heavy atom. The molecule has 0 spiro atoms. The molecule has 0 aromatic heterocycles. The van der Waals surface area contributed by atoms with E-state index in [1.54, 1.807) is 0 Å². The molecule has 0 saturated heterocycles. The normalized spacial score (nSPS) is 27.4. The van der Waals surface area contributed by atoms with Crippen molar-refractivity contribution in [2.75, 3.05) is 6.61 Å². The van der Waals surface area contributed by atoms with Crippen LogP contribution < -0.4 is 0 Å². The lowest BCUT2D eigenvalue weighted by Gasteiger charge is -2.17. The molecule has 0 unspecified atom stereocenters. The van der Waals surface area contributed by atoms with Crippen LogP contribution in [0.25, 0.3) is 0 Å². The lowest BCUT2D eigenvalue weighted by atomic mass is 10.1. The van der Waals surface area contributed by atoms with Crippen LogP contribution >= 0.6 is 0 Å². The fraction of sp³-hybridized carbons (Fsp3) is 0.625. The fourth-order valence-electron chi connectivity index (χ4n) is 2.54. The highest BCUT2D eigenvalue weighted by atomic mass is 16.5. The largest absolute Gasteiger partial charge is 0.374 e. The maximum atomic E-state index is 6.17. The van der Waals surface area contributed by atoms with E-state index in [0.29, 0.717) is 5.92 Å². The number of hydrogen-bond donors (Lipinski definition) is 0. The number of hydrogen-bond acceptors (Lipinski definition) is 1. The van der Waals surface area contributed by atoms with Crippen LogP contribution in [0.15, 0.2) is 30.3 Å². The van der Waals surface area contributed by atoms with Crippen molar-refractivity contribution < 1.29 is 4.74 Å². The molecule has 0 aliphatic heterocycles. The van der Waals surface area contributed by atoms with Gasteiger partial charge in [0.05, 0.1) is 5.60 Å². The summed E-state index contributed by atoms with van der Waals surface area (Å²) in [6, 6.07) is 10.8. The fourth-order valence-corrected chi connectivity index (χ4v) is 2.54. The second kappa shape index (κ2) is 5.22. The molecule has 0 radical (unpaired) electrons. The summed E-state index contributed by atoms with van der Waals surface area (Å²) in [6.07, 6.45) is 3.50. The Morgan fingerprint density at radius 1 is 1.29 bits per heavy atom. The molecule has 0 heterocycles. The summed E-state index contributed by atoms with van der Waals surface area (Å²) in [4.78, 5) is 0. The van der Waals surface area contributed by atoms with Crippen LogP contribution in [-0.2, 0) is 4.74 Å². The SMILES string of the molecule is CC[C@]1(OCCC(C)C)C[C@H]1c1ccccc1. The molecule has 1 aromatic carbocycles. The van der Waals surface area contributed by atoms with Crippen molar-refractivity contribution in [2.45, 2.75) is 51.6 Å². The second-order valence-corrected chi connectivity index (χ2v) is 5.62. The first kappa shape index (κ1) is 12.6. The smallest absolute Gasteiger partial charge is 0.0756 e. The monoisotopic (exact) mass is 232 g/mol. The van der Waals surface area contributed by atoms with E-state index in [2.05, 4.69) is 51.1 Å². The third-order valence-corrected chi connectivity index (χ3v) is 3.91. The quantitative estimate of drug-likeness (QED) is 0.707. The predicted octanol–water partition coefficient (Wildman–Crippen LogP) is 4.39. The lowest BCUT2D eigenvalue weighted by molar-refractivity contribution is 0.0195. The van der Waals surface area contributed by atoms with Crippen molar-refractivity contribution in [3.8, 4) is 0 Å². The van der Waals surface area contributed by atoms with Gasteiger partial charge in [-0.15, -0.1) is 0 Å². The second-order valence-electron chi connectivity index (χ2n) is 5.62. The Morgan fingerprint density at radius 2 is 2.00 bits per heavy atom. The van der Waals surface area contributed by atoms with Crippen LogP contribution in [-0.4, -0.2) is 12.2 Å². The zero-order valence-electron chi connectivity index (χ0n) is 11.3. The molecule has 2 atom stereocenters. The van der Waals surface area contributed by atoms with Crippen LogP contribution in [0, 0.1) is 5.92 Å². The Kier molecular flexibility index (Phi) is 3.88. The minimum Gasteiger partial charge on any atom is -0.374 e. The Bertz CT molecular complexity index is 344. The first-order chi connectivity index (χ1) is 8.18. The molecule has 1 saturated carbocycles. The standard InChI is InChI=1S/C16H24O/c1-4-16(17-11-10-13(2)3)12-15(16)14-8-6-5-7-9-14/h5-9,13,15H,4,10-12H2,1-3H3/t15-,16-/m0/s1. The van der Waals surface area contributed by atoms with Gasteiger partial charge < -0.3 is 4.74 Å². The van der Waals surface area contributed by atoms with Crippen LogP contribution in [0.1, 0.15) is 51.5 Å². The molecule has 0 N–H and O–H groups in total. The maximum Gasteiger partial charge on any atom is 0.0756 e. The first-order valence-electron chi connectivity index (χ1n) is 6.87. The molecule has 1 aliphatic carbocycles. The van der Waals surface area contributed by atoms with Gasteiger partial charge in [0.15, 0.2) is 0 Å². The maximum absolute atomic E-state index is 6.17. The predicted molar refractivity (Wildman–Crippen MR) is 72.2 cm³/mol. The van der Waals surface area contributed by atoms with Gasteiger partial charge in [-0.1, -0.05) is 51.1 Å². The van der Waals surface area contributed by atoms with Crippen molar-refractivity contribution in [2.24, 2.45) is 5.92 Å². The Labute approximate surface area is 105 Å². The van der Waals surface area contributed by atoms with Crippen LogP contribution in [0.3, 0.4) is 0 Å². The molecule has 0 bridgehead atoms. The van der Waals surface area contributed by atoms with E-state index in [4.69, 9.17) is 4.74 Å². The zero-order chi connectivity index (χ0) is 12.3. The average molecular weight is 232 g/mol. The molecule has 17 heavy (non-hydrogen) atoms. The summed E-state index contributed by atoms with van der Waals surface area (Å²) in [5, 5.41) is 0. The molecular weight excluding hydrogens is 208 g/mol. The van der Waals surface area contributed by atoms with Crippen LogP contribution in [0.2, 0.25) is 0 Å². The molecule has 1 aromatic rings. The molecule has 94 valence electrons. The molecule has 1 nitrogen and oxygen atoms in total. The summed E-state index contributed by atoms with van der Waals surface area (Å²) in [5.74, 6) is 1.36. The van der Waals surface area contributed by atoms with Gasteiger partial charge in [0, 0.05) is 12.5 Å². The first-order valence-corrected chi connectivity index (χ1v) is 6.87. The summed E-state index contributed by atoms with van der Waals surface area (Å²) in [7, 11) is 0. The van der Waals surface area contributed by atoms with E-state index in [-0.39, 0.29) is 5.60 Å². The molecule has 1 aliphatic rings. The number of benzene rings is 1. The summed E-state index contributed by atoms with van der Waals surface area (Å²) in [6.45, 7) is 7.67. The highest BCUT2D eigenvalue weighted by Gasteiger charge is 2.54. The van der Waals surface area contributed by atoms with Gasteiger partial charge in [0.25, 0.3) is 0 Å². The number of ether oxygens (including phenoxy) is 1. The highest BCUT2D eigenvalue weighted by molar-refractivity contribution is 5.31. The minimum absolute atomic E-state index is 0.149. The number of rotatable bonds is 6. The Hall–Kier alpha value is -0.820. The van der Waals surface area contributed by atoms with Gasteiger partial charge in [-0.2, -0.15) is 0 Å². The van der Waals surface area contributed by atoms with Gasteiger partial charge in [0.2, 0.25) is 0 Å². The van der Waals surface area contributed by atoms with Crippen molar-refractivity contribution in [1.29, 1.82) is 0 Å². The van der Waals surface area contributed by atoms with E-state index in [0.717, 1.165) is 18.9 Å². The summed E-state index contributed by atoms with van der Waals surface area (Å²) in [5.41, 5.74) is 1.59. The van der Waals surface area contributed by atoms with E-state index >= 15 is 0 Å². The van der Waals surface area contributed by atoms with Gasteiger partial charge in [0.1, 0.15) is 0 Å². The topological polar surface area (TPSA) is 9.23 Å². The van der Waals surface area contributed by atoms with E-state index in [9.17, 15) is 0 Å². The summed E-state index contributed by atoms with van der Waals surface area (Å²) < 4.78 is 6.17. The molecule has 0 amide bonds. The average Bonchev–Trinajstić information content (AvgIpc) is 3.05. The minimum atomic E-state index is 0.149. The van der Waals surface area contributed by atoms with E-state index < -0.39 is 0 Å². The molecule has 1 heteroatoms. The third kappa shape index (κ3) is 2.90. The third-order valence-electron chi connectivity index (χ3n) is 3.91. The molecular formula is C16H24O. The summed E-state index contributed by atoms with van der Waals surface area (Å²) >= 11 is 0. The van der Waals surface area contributed by atoms with Gasteiger partial charge in [-0.3, -0.25) is 0 Å². The van der Waals surface area contributed by atoms with Gasteiger partial charge in [-0.05, 0) is 30.7 Å².